The van der Waals surface area contributed by atoms with E-state index in [-0.39, 0.29) is 18.4 Å². The van der Waals surface area contributed by atoms with Crippen molar-refractivity contribution < 1.29 is 23.9 Å². The van der Waals surface area contributed by atoms with Gasteiger partial charge in [-0.1, -0.05) is 76.2 Å². The summed E-state index contributed by atoms with van der Waals surface area (Å²) in [6.45, 7) is 7.84. The molecular formula is C31H40N4O5. The lowest BCUT2D eigenvalue weighted by molar-refractivity contribution is -0.131. The zero-order valence-corrected chi connectivity index (χ0v) is 23.6. The van der Waals surface area contributed by atoms with Gasteiger partial charge in [-0.15, -0.1) is 0 Å². The minimum Gasteiger partial charge on any atom is -0.445 e. The van der Waals surface area contributed by atoms with Crippen molar-refractivity contribution in [3.8, 4) is 0 Å². The molecule has 1 aromatic heterocycles. The van der Waals surface area contributed by atoms with Gasteiger partial charge in [0.2, 0.25) is 11.8 Å². The zero-order valence-electron chi connectivity index (χ0n) is 23.6. The Labute approximate surface area is 235 Å². The van der Waals surface area contributed by atoms with Crippen molar-refractivity contribution in [1.29, 1.82) is 0 Å². The van der Waals surface area contributed by atoms with Gasteiger partial charge in [0, 0.05) is 23.5 Å². The number of amides is 3. The van der Waals surface area contributed by atoms with Gasteiger partial charge in [0.15, 0.2) is 0 Å². The Balaban J connectivity index is 1.65. The lowest BCUT2D eigenvalue weighted by Gasteiger charge is -2.26. The summed E-state index contributed by atoms with van der Waals surface area (Å²) in [7, 11) is 0. The molecule has 3 rings (SSSR count). The van der Waals surface area contributed by atoms with Gasteiger partial charge in [0.1, 0.15) is 25.0 Å². The maximum absolute atomic E-state index is 13.3. The van der Waals surface area contributed by atoms with Gasteiger partial charge in [0.05, 0.1) is 6.04 Å². The SMILES string of the molecule is CC(C)CC(NC(=O)OCc1ccccc1)C(=O)NC(CC(C)C)C(=O)NC(C=O)Cc1c[nH]c2ccccc12. The molecule has 0 radical (unpaired) electrons. The van der Waals surface area contributed by atoms with Crippen LogP contribution in [0.5, 0.6) is 0 Å². The number of aromatic amines is 1. The lowest BCUT2D eigenvalue weighted by atomic mass is 9.99. The van der Waals surface area contributed by atoms with Crippen LogP contribution in [0.2, 0.25) is 0 Å². The molecule has 40 heavy (non-hydrogen) atoms. The molecule has 0 aliphatic rings. The second kappa shape index (κ2) is 14.9. The zero-order chi connectivity index (χ0) is 29.1. The topological polar surface area (TPSA) is 129 Å². The van der Waals surface area contributed by atoms with E-state index in [9.17, 15) is 19.2 Å². The number of benzene rings is 2. The fraction of sp³-hybridized carbons (Fsp3) is 0.419. The minimum absolute atomic E-state index is 0.0740. The van der Waals surface area contributed by atoms with Crippen LogP contribution in [0.15, 0.2) is 60.8 Å². The summed E-state index contributed by atoms with van der Waals surface area (Å²) in [5.74, 6) is -0.746. The number of rotatable bonds is 14. The average molecular weight is 549 g/mol. The van der Waals surface area contributed by atoms with E-state index >= 15 is 0 Å². The fourth-order valence-corrected chi connectivity index (χ4v) is 4.54. The van der Waals surface area contributed by atoms with E-state index in [1.165, 1.54) is 0 Å². The van der Waals surface area contributed by atoms with Gasteiger partial charge >= 0.3 is 6.09 Å². The van der Waals surface area contributed by atoms with E-state index in [1.807, 2.05) is 88.5 Å². The first-order valence-electron chi connectivity index (χ1n) is 13.7. The second-order valence-electron chi connectivity index (χ2n) is 10.9. The van der Waals surface area contributed by atoms with Gasteiger partial charge in [-0.05, 0) is 41.9 Å². The van der Waals surface area contributed by atoms with Crippen LogP contribution in [0.1, 0.15) is 51.7 Å². The molecule has 0 saturated heterocycles. The van der Waals surface area contributed by atoms with Crippen molar-refractivity contribution in [2.75, 3.05) is 0 Å². The maximum atomic E-state index is 13.3. The summed E-state index contributed by atoms with van der Waals surface area (Å²) in [6, 6.07) is 14.5. The number of nitrogens with one attached hydrogen (secondary N) is 4. The highest BCUT2D eigenvalue weighted by molar-refractivity contribution is 5.92. The van der Waals surface area contributed by atoms with Gasteiger partial charge in [-0.2, -0.15) is 0 Å². The first-order valence-corrected chi connectivity index (χ1v) is 13.7. The molecule has 2 aromatic carbocycles. The first kappa shape index (κ1) is 30.4. The molecule has 0 aliphatic heterocycles. The first-order chi connectivity index (χ1) is 19.2. The largest absolute Gasteiger partial charge is 0.445 e. The smallest absolute Gasteiger partial charge is 0.408 e. The fourth-order valence-electron chi connectivity index (χ4n) is 4.54. The van der Waals surface area contributed by atoms with Crippen LogP contribution in [0, 0.1) is 11.8 Å². The van der Waals surface area contributed by atoms with Crippen molar-refractivity contribution in [3.63, 3.8) is 0 Å². The number of hydrogen-bond donors (Lipinski definition) is 4. The molecule has 3 amide bonds. The predicted molar refractivity (Wildman–Crippen MR) is 154 cm³/mol. The normalized spacial score (nSPS) is 13.4. The molecule has 214 valence electrons. The average Bonchev–Trinajstić information content (AvgIpc) is 3.33. The predicted octanol–water partition coefficient (Wildman–Crippen LogP) is 4.27. The molecule has 0 fully saturated rings. The van der Waals surface area contributed by atoms with Gasteiger partial charge in [-0.3, -0.25) is 9.59 Å². The van der Waals surface area contributed by atoms with Crippen LogP contribution < -0.4 is 16.0 Å². The number of H-pyrrole nitrogens is 1. The Morgan fingerprint density at radius 1 is 0.825 bits per heavy atom. The summed E-state index contributed by atoms with van der Waals surface area (Å²) in [5, 5.41) is 9.23. The minimum atomic E-state index is -0.890. The number of aromatic nitrogens is 1. The van der Waals surface area contributed by atoms with E-state index in [0.717, 1.165) is 22.0 Å². The molecular weight excluding hydrogens is 508 g/mol. The third kappa shape index (κ3) is 9.25. The van der Waals surface area contributed by atoms with Crippen LogP contribution >= 0.6 is 0 Å². The number of para-hydroxylation sites is 1. The number of fused-ring (bicyclic) bond motifs is 1. The van der Waals surface area contributed by atoms with E-state index in [0.29, 0.717) is 25.5 Å². The monoisotopic (exact) mass is 548 g/mol. The molecule has 3 aromatic rings. The summed E-state index contributed by atoms with van der Waals surface area (Å²) in [4.78, 5) is 54.2. The third-order valence-corrected chi connectivity index (χ3v) is 6.48. The summed E-state index contributed by atoms with van der Waals surface area (Å²) >= 11 is 0. The van der Waals surface area contributed by atoms with Crippen LogP contribution in [0.3, 0.4) is 0 Å². The highest BCUT2D eigenvalue weighted by Crippen LogP contribution is 2.19. The molecule has 3 unspecified atom stereocenters. The molecule has 0 saturated carbocycles. The maximum Gasteiger partial charge on any atom is 0.408 e. The molecule has 0 spiro atoms. The van der Waals surface area contributed by atoms with Gasteiger partial charge in [-0.25, -0.2) is 4.79 Å². The van der Waals surface area contributed by atoms with E-state index in [4.69, 9.17) is 4.74 Å². The Kier molecular flexibility index (Phi) is 11.3. The molecule has 4 N–H and O–H groups in total. The van der Waals surface area contributed by atoms with Gasteiger partial charge in [0.25, 0.3) is 0 Å². The van der Waals surface area contributed by atoms with Crippen molar-refractivity contribution in [3.05, 3.63) is 71.9 Å². The van der Waals surface area contributed by atoms with Crippen molar-refractivity contribution in [2.24, 2.45) is 11.8 Å². The molecule has 0 bridgehead atoms. The van der Waals surface area contributed by atoms with Crippen molar-refractivity contribution in [2.45, 2.75) is 71.7 Å². The standard InChI is InChI=1S/C31H40N4O5/c1-20(2)14-27(29(37)33-24(18-36)16-23-17-32-26-13-9-8-12-25(23)26)34-30(38)28(15-21(3)4)35-31(39)40-19-22-10-6-5-7-11-22/h5-13,17-18,20-21,24,27-28,32H,14-16,19H2,1-4H3,(H,33,37)(H,34,38)(H,35,39). The number of carbonyl (C=O) groups excluding carboxylic acids is 4. The summed E-state index contributed by atoms with van der Waals surface area (Å²) in [6.07, 6.45) is 2.86. The number of alkyl carbamates (subject to hydrolysis) is 1. The summed E-state index contributed by atoms with van der Waals surface area (Å²) < 4.78 is 5.30. The van der Waals surface area contributed by atoms with Crippen LogP contribution in [0.4, 0.5) is 4.79 Å². The number of carbonyl (C=O) groups is 4. The van der Waals surface area contributed by atoms with E-state index < -0.39 is 36.0 Å². The lowest BCUT2D eigenvalue weighted by Crippen LogP contribution is -2.55. The highest BCUT2D eigenvalue weighted by atomic mass is 16.5. The molecule has 9 heteroatoms. The summed E-state index contributed by atoms with van der Waals surface area (Å²) in [5.41, 5.74) is 2.69. The van der Waals surface area contributed by atoms with Crippen LogP contribution in [0.25, 0.3) is 10.9 Å². The molecule has 1 heterocycles. The Morgan fingerprint density at radius 3 is 2.08 bits per heavy atom. The van der Waals surface area contributed by atoms with E-state index in [2.05, 4.69) is 20.9 Å². The number of hydrogen-bond acceptors (Lipinski definition) is 5. The molecule has 0 aliphatic carbocycles. The Morgan fingerprint density at radius 2 is 1.43 bits per heavy atom. The van der Waals surface area contributed by atoms with Crippen molar-refractivity contribution in [1.82, 2.24) is 20.9 Å². The highest BCUT2D eigenvalue weighted by Gasteiger charge is 2.29. The third-order valence-electron chi connectivity index (χ3n) is 6.48. The number of ether oxygens (including phenoxy) is 1. The second-order valence-corrected chi connectivity index (χ2v) is 10.9. The molecule has 9 nitrogen and oxygen atoms in total. The van der Waals surface area contributed by atoms with Gasteiger partial charge < -0.3 is 30.5 Å². The Hall–Kier alpha value is -4.14. The molecule has 3 atom stereocenters. The number of aldehydes is 1. The van der Waals surface area contributed by atoms with Crippen molar-refractivity contribution >= 4 is 35.1 Å². The van der Waals surface area contributed by atoms with E-state index in [1.54, 1.807) is 0 Å². The van der Waals surface area contributed by atoms with Crippen LogP contribution in [-0.4, -0.2) is 47.3 Å². The van der Waals surface area contributed by atoms with Crippen LogP contribution in [-0.2, 0) is 32.1 Å². The Bertz CT molecular complexity index is 1270. The quantitative estimate of drug-likeness (QED) is 0.224.